The van der Waals surface area contributed by atoms with Crippen molar-refractivity contribution in [3.63, 3.8) is 0 Å². The van der Waals surface area contributed by atoms with E-state index in [2.05, 4.69) is 44.8 Å². The molecule has 0 unspecified atom stereocenters. The smallest absolute Gasteiger partial charge is 0.153 e. The molecule has 2 heterocycles. The van der Waals surface area contributed by atoms with Crippen molar-refractivity contribution in [2.24, 2.45) is 5.92 Å². The van der Waals surface area contributed by atoms with Gasteiger partial charge in [-0.25, -0.2) is 0 Å². The standard InChI is InChI=1S/C16H24N4O/c1-11(2)7-19-8-13(10-21)15(18-19)14-9-20(16(4,5)6)17-12(14)3/h8-11H,7H2,1-6H3. The molecular formula is C16H24N4O. The van der Waals surface area contributed by atoms with Crippen molar-refractivity contribution in [2.75, 3.05) is 0 Å². The van der Waals surface area contributed by atoms with Crippen LogP contribution in [0.15, 0.2) is 12.4 Å². The molecule has 0 aromatic carbocycles. The average molecular weight is 288 g/mol. The van der Waals surface area contributed by atoms with Crippen molar-refractivity contribution in [2.45, 2.75) is 53.6 Å². The predicted octanol–water partition coefficient (Wildman–Crippen LogP) is 3.28. The highest BCUT2D eigenvalue weighted by atomic mass is 16.1. The van der Waals surface area contributed by atoms with Gasteiger partial charge in [-0.05, 0) is 33.6 Å². The number of rotatable bonds is 4. The van der Waals surface area contributed by atoms with Gasteiger partial charge in [-0.3, -0.25) is 14.2 Å². The van der Waals surface area contributed by atoms with Crippen LogP contribution < -0.4 is 0 Å². The molecule has 0 atom stereocenters. The predicted molar refractivity (Wildman–Crippen MR) is 83.4 cm³/mol. The Hall–Kier alpha value is -1.91. The maximum atomic E-state index is 11.3. The lowest BCUT2D eigenvalue weighted by atomic mass is 10.1. The molecule has 0 spiro atoms. The normalized spacial score (nSPS) is 12.1. The summed E-state index contributed by atoms with van der Waals surface area (Å²) in [4.78, 5) is 11.3. The number of carbonyl (C=O) groups excluding carboxylic acids is 1. The van der Waals surface area contributed by atoms with Gasteiger partial charge in [-0.1, -0.05) is 13.8 Å². The molecule has 0 fully saturated rings. The van der Waals surface area contributed by atoms with Crippen LogP contribution in [0.5, 0.6) is 0 Å². The van der Waals surface area contributed by atoms with Gasteiger partial charge in [0, 0.05) is 24.5 Å². The Bertz CT molecular complexity index is 644. The van der Waals surface area contributed by atoms with Gasteiger partial charge >= 0.3 is 0 Å². The first-order valence-corrected chi connectivity index (χ1v) is 7.32. The number of nitrogens with zero attached hydrogens (tertiary/aromatic N) is 4. The summed E-state index contributed by atoms with van der Waals surface area (Å²) in [5, 5.41) is 9.14. The molecule has 114 valence electrons. The Morgan fingerprint density at radius 2 is 1.90 bits per heavy atom. The van der Waals surface area contributed by atoms with E-state index in [1.807, 2.05) is 28.7 Å². The number of aldehydes is 1. The van der Waals surface area contributed by atoms with Crippen LogP contribution in [-0.4, -0.2) is 25.8 Å². The van der Waals surface area contributed by atoms with Crippen LogP contribution in [0.1, 0.15) is 50.7 Å². The maximum Gasteiger partial charge on any atom is 0.153 e. The van der Waals surface area contributed by atoms with Gasteiger partial charge in [-0.2, -0.15) is 10.2 Å². The van der Waals surface area contributed by atoms with Crippen LogP contribution in [0.3, 0.4) is 0 Å². The van der Waals surface area contributed by atoms with E-state index in [4.69, 9.17) is 0 Å². The summed E-state index contributed by atoms with van der Waals surface area (Å²) in [5.41, 5.74) is 3.06. The highest BCUT2D eigenvalue weighted by Gasteiger charge is 2.20. The van der Waals surface area contributed by atoms with Crippen LogP contribution in [0, 0.1) is 12.8 Å². The number of aromatic nitrogens is 4. The Kier molecular flexibility index (Phi) is 4.03. The van der Waals surface area contributed by atoms with Gasteiger partial charge < -0.3 is 0 Å². The Balaban J connectivity index is 2.48. The SMILES string of the molecule is Cc1nn(C(C)(C)C)cc1-c1nn(CC(C)C)cc1C=O. The molecule has 2 aromatic rings. The van der Waals surface area contributed by atoms with Crippen molar-refractivity contribution in [1.82, 2.24) is 19.6 Å². The molecule has 0 aliphatic carbocycles. The average Bonchev–Trinajstić information content (AvgIpc) is 2.90. The lowest BCUT2D eigenvalue weighted by Crippen LogP contribution is -2.22. The Morgan fingerprint density at radius 1 is 1.24 bits per heavy atom. The maximum absolute atomic E-state index is 11.3. The zero-order valence-electron chi connectivity index (χ0n) is 13.7. The van der Waals surface area contributed by atoms with Gasteiger partial charge in [0.25, 0.3) is 0 Å². The van der Waals surface area contributed by atoms with E-state index in [9.17, 15) is 4.79 Å². The molecule has 0 N–H and O–H groups in total. The molecule has 2 aromatic heterocycles. The molecule has 2 rings (SSSR count). The van der Waals surface area contributed by atoms with Crippen molar-refractivity contribution in [1.29, 1.82) is 0 Å². The van der Waals surface area contributed by atoms with E-state index in [1.165, 1.54) is 0 Å². The van der Waals surface area contributed by atoms with E-state index in [0.29, 0.717) is 11.5 Å². The van der Waals surface area contributed by atoms with Gasteiger partial charge in [0.15, 0.2) is 6.29 Å². The minimum absolute atomic E-state index is 0.0924. The third-order valence-electron chi connectivity index (χ3n) is 3.31. The second-order valence-corrected chi connectivity index (χ2v) is 6.91. The summed E-state index contributed by atoms with van der Waals surface area (Å²) in [6.07, 6.45) is 4.66. The third kappa shape index (κ3) is 3.23. The Morgan fingerprint density at radius 3 is 2.38 bits per heavy atom. The number of carbonyl (C=O) groups is 1. The van der Waals surface area contributed by atoms with E-state index in [-0.39, 0.29) is 5.54 Å². The fraction of sp³-hybridized carbons (Fsp3) is 0.562. The van der Waals surface area contributed by atoms with Crippen molar-refractivity contribution in [3.05, 3.63) is 23.7 Å². The minimum atomic E-state index is -0.0924. The topological polar surface area (TPSA) is 52.7 Å². The molecule has 5 heteroatoms. The van der Waals surface area contributed by atoms with Crippen LogP contribution in [0.4, 0.5) is 0 Å². The lowest BCUT2D eigenvalue weighted by molar-refractivity contribution is 0.112. The van der Waals surface area contributed by atoms with Crippen molar-refractivity contribution >= 4 is 6.29 Å². The highest BCUT2D eigenvalue weighted by Crippen LogP contribution is 2.26. The second kappa shape index (κ2) is 5.47. The van der Waals surface area contributed by atoms with Crippen molar-refractivity contribution in [3.8, 4) is 11.3 Å². The summed E-state index contributed by atoms with van der Waals surface area (Å²) in [6.45, 7) is 13.3. The van der Waals surface area contributed by atoms with Gasteiger partial charge in [0.2, 0.25) is 0 Å². The second-order valence-electron chi connectivity index (χ2n) is 6.91. The van der Waals surface area contributed by atoms with Gasteiger partial charge in [-0.15, -0.1) is 0 Å². The van der Waals surface area contributed by atoms with Crippen LogP contribution in [0.2, 0.25) is 0 Å². The molecule has 0 saturated carbocycles. The monoisotopic (exact) mass is 288 g/mol. The summed E-state index contributed by atoms with van der Waals surface area (Å²) in [7, 11) is 0. The van der Waals surface area contributed by atoms with Gasteiger partial charge in [0.1, 0.15) is 5.69 Å². The largest absolute Gasteiger partial charge is 0.298 e. The summed E-state index contributed by atoms with van der Waals surface area (Å²) in [5.74, 6) is 0.482. The first-order valence-electron chi connectivity index (χ1n) is 7.32. The molecule has 0 amide bonds. The first-order chi connectivity index (χ1) is 9.72. The third-order valence-corrected chi connectivity index (χ3v) is 3.31. The molecule has 0 aliphatic heterocycles. The van der Waals surface area contributed by atoms with Crippen LogP contribution >= 0.6 is 0 Å². The quantitative estimate of drug-likeness (QED) is 0.811. The minimum Gasteiger partial charge on any atom is -0.298 e. The molecule has 0 saturated heterocycles. The van der Waals surface area contributed by atoms with E-state index in [0.717, 1.165) is 29.8 Å². The number of hydrogen-bond acceptors (Lipinski definition) is 3. The summed E-state index contributed by atoms with van der Waals surface area (Å²) < 4.78 is 3.77. The Labute approximate surface area is 126 Å². The number of aryl methyl sites for hydroxylation is 1. The van der Waals surface area contributed by atoms with Crippen LogP contribution in [0.25, 0.3) is 11.3 Å². The van der Waals surface area contributed by atoms with E-state index >= 15 is 0 Å². The fourth-order valence-corrected chi connectivity index (χ4v) is 2.24. The lowest BCUT2D eigenvalue weighted by Gasteiger charge is -2.18. The molecule has 21 heavy (non-hydrogen) atoms. The first kappa shape index (κ1) is 15.5. The summed E-state index contributed by atoms with van der Waals surface area (Å²) in [6, 6.07) is 0. The molecule has 0 aliphatic rings. The fourth-order valence-electron chi connectivity index (χ4n) is 2.24. The van der Waals surface area contributed by atoms with E-state index in [1.54, 1.807) is 0 Å². The zero-order valence-corrected chi connectivity index (χ0v) is 13.7. The van der Waals surface area contributed by atoms with Crippen LogP contribution in [-0.2, 0) is 12.1 Å². The summed E-state index contributed by atoms with van der Waals surface area (Å²) >= 11 is 0. The highest BCUT2D eigenvalue weighted by molar-refractivity contribution is 5.85. The molecular weight excluding hydrogens is 264 g/mol. The zero-order chi connectivity index (χ0) is 15.8. The molecule has 5 nitrogen and oxygen atoms in total. The van der Waals surface area contributed by atoms with Crippen molar-refractivity contribution < 1.29 is 4.79 Å². The molecule has 0 bridgehead atoms. The molecule has 0 radical (unpaired) electrons. The van der Waals surface area contributed by atoms with E-state index < -0.39 is 0 Å². The van der Waals surface area contributed by atoms with Gasteiger partial charge in [0.05, 0.1) is 16.8 Å². The number of hydrogen-bond donors (Lipinski definition) is 0.